The average Bonchev–Trinajstić information content (AvgIpc) is 2.38. The standard InChI is InChI=1S/C12H9Br2Cl2N3O/c1-20-10-4-9(5(13)2-6(10)14)18-12-8(16)3-7(15)11(17)19-12/h2-4H,1H3,(H3,17,18,19). The van der Waals surface area contributed by atoms with Crippen molar-refractivity contribution in [1.82, 2.24) is 4.98 Å². The van der Waals surface area contributed by atoms with Gasteiger partial charge >= 0.3 is 0 Å². The van der Waals surface area contributed by atoms with Gasteiger partial charge in [0.25, 0.3) is 0 Å². The third kappa shape index (κ3) is 3.31. The molecule has 0 atom stereocenters. The zero-order valence-corrected chi connectivity index (χ0v) is 14.9. The Kier molecular flexibility index (Phi) is 5.01. The maximum absolute atomic E-state index is 6.09. The van der Waals surface area contributed by atoms with Crippen molar-refractivity contribution in [3.8, 4) is 5.75 Å². The van der Waals surface area contributed by atoms with Gasteiger partial charge in [0, 0.05) is 10.5 Å². The van der Waals surface area contributed by atoms with Crippen molar-refractivity contribution in [1.29, 1.82) is 0 Å². The Morgan fingerprint density at radius 3 is 2.50 bits per heavy atom. The summed E-state index contributed by atoms with van der Waals surface area (Å²) in [6.07, 6.45) is 0. The van der Waals surface area contributed by atoms with Crippen LogP contribution in [0.3, 0.4) is 0 Å². The van der Waals surface area contributed by atoms with Crippen molar-refractivity contribution in [2.24, 2.45) is 0 Å². The van der Waals surface area contributed by atoms with Gasteiger partial charge in [-0.1, -0.05) is 23.2 Å². The number of halogens is 4. The molecule has 2 rings (SSSR count). The number of nitrogen functional groups attached to an aromatic ring is 1. The topological polar surface area (TPSA) is 60.2 Å². The number of anilines is 3. The van der Waals surface area contributed by atoms with Crippen molar-refractivity contribution < 1.29 is 4.74 Å². The quantitative estimate of drug-likeness (QED) is 0.683. The van der Waals surface area contributed by atoms with Crippen molar-refractivity contribution in [3.05, 3.63) is 37.2 Å². The summed E-state index contributed by atoms with van der Waals surface area (Å²) in [4.78, 5) is 4.12. The van der Waals surface area contributed by atoms with E-state index in [1.807, 2.05) is 6.07 Å². The van der Waals surface area contributed by atoms with E-state index >= 15 is 0 Å². The second-order valence-corrected chi connectivity index (χ2v) is 6.30. The molecule has 0 aliphatic carbocycles. The summed E-state index contributed by atoms with van der Waals surface area (Å²) in [7, 11) is 1.59. The molecular weight excluding hydrogens is 433 g/mol. The minimum absolute atomic E-state index is 0.207. The van der Waals surface area contributed by atoms with Crippen LogP contribution in [0.5, 0.6) is 5.75 Å². The molecule has 3 N–H and O–H groups in total. The Morgan fingerprint density at radius 1 is 1.15 bits per heavy atom. The fourth-order valence-corrected chi connectivity index (χ4v) is 3.14. The highest BCUT2D eigenvalue weighted by atomic mass is 79.9. The maximum atomic E-state index is 6.09. The van der Waals surface area contributed by atoms with Crippen LogP contribution in [0.25, 0.3) is 0 Å². The number of benzene rings is 1. The van der Waals surface area contributed by atoms with E-state index in [0.29, 0.717) is 21.6 Å². The predicted octanol–water partition coefficient (Wildman–Crippen LogP) is 5.25. The van der Waals surface area contributed by atoms with Crippen LogP contribution in [0.2, 0.25) is 10.0 Å². The van der Waals surface area contributed by atoms with E-state index in [1.165, 1.54) is 6.07 Å². The Bertz CT molecular complexity index is 668. The molecule has 0 aliphatic heterocycles. The highest BCUT2D eigenvalue weighted by molar-refractivity contribution is 9.11. The number of ether oxygens (including phenoxy) is 1. The third-order valence-electron chi connectivity index (χ3n) is 2.45. The first-order chi connectivity index (χ1) is 9.42. The van der Waals surface area contributed by atoms with Crippen molar-refractivity contribution >= 4 is 72.4 Å². The fourth-order valence-electron chi connectivity index (χ4n) is 1.48. The van der Waals surface area contributed by atoms with Crippen molar-refractivity contribution in [2.75, 3.05) is 18.2 Å². The van der Waals surface area contributed by atoms with Gasteiger partial charge in [0.2, 0.25) is 0 Å². The van der Waals surface area contributed by atoms with Crippen LogP contribution in [0.4, 0.5) is 17.3 Å². The largest absolute Gasteiger partial charge is 0.495 e. The lowest BCUT2D eigenvalue weighted by Gasteiger charge is -2.13. The van der Waals surface area contributed by atoms with Crippen molar-refractivity contribution in [3.63, 3.8) is 0 Å². The van der Waals surface area contributed by atoms with E-state index in [0.717, 1.165) is 14.6 Å². The number of methoxy groups -OCH3 is 1. The Balaban J connectivity index is 2.42. The van der Waals surface area contributed by atoms with Crippen LogP contribution in [0.15, 0.2) is 27.1 Å². The third-order valence-corrected chi connectivity index (χ3v) is 4.32. The summed E-state index contributed by atoms with van der Waals surface area (Å²) in [5.74, 6) is 1.30. The molecule has 0 saturated heterocycles. The van der Waals surface area contributed by atoms with Crippen LogP contribution in [0.1, 0.15) is 0 Å². The van der Waals surface area contributed by atoms with Gasteiger partial charge in [-0.15, -0.1) is 0 Å². The molecule has 0 radical (unpaired) electrons. The molecule has 2 aromatic rings. The zero-order valence-electron chi connectivity index (χ0n) is 10.2. The molecule has 0 saturated carbocycles. The lowest BCUT2D eigenvalue weighted by atomic mass is 10.3. The molecule has 1 aromatic carbocycles. The van der Waals surface area contributed by atoms with E-state index in [-0.39, 0.29) is 5.82 Å². The number of aromatic nitrogens is 1. The van der Waals surface area contributed by atoms with Gasteiger partial charge in [0.1, 0.15) is 11.6 Å². The van der Waals surface area contributed by atoms with Gasteiger partial charge < -0.3 is 15.8 Å². The monoisotopic (exact) mass is 439 g/mol. The molecule has 1 heterocycles. The number of rotatable bonds is 3. The van der Waals surface area contributed by atoms with E-state index in [4.69, 9.17) is 33.7 Å². The second kappa shape index (κ2) is 6.39. The van der Waals surface area contributed by atoms with E-state index < -0.39 is 0 Å². The molecule has 0 spiro atoms. The number of nitrogens with zero attached hydrogens (tertiary/aromatic N) is 1. The Labute approximate surface area is 142 Å². The number of hydrogen-bond acceptors (Lipinski definition) is 4. The summed E-state index contributed by atoms with van der Waals surface area (Å²) in [6.45, 7) is 0. The molecule has 106 valence electrons. The first kappa shape index (κ1) is 15.7. The summed E-state index contributed by atoms with van der Waals surface area (Å²) >= 11 is 18.8. The summed E-state index contributed by atoms with van der Waals surface area (Å²) in [5.41, 5.74) is 6.41. The zero-order chi connectivity index (χ0) is 14.9. The number of hydrogen-bond donors (Lipinski definition) is 2. The molecule has 0 amide bonds. The van der Waals surface area contributed by atoms with Crippen LogP contribution in [-0.4, -0.2) is 12.1 Å². The molecule has 0 unspecified atom stereocenters. The maximum Gasteiger partial charge on any atom is 0.151 e. The predicted molar refractivity (Wildman–Crippen MR) is 90.3 cm³/mol. The van der Waals surface area contributed by atoms with Gasteiger partial charge in [-0.05, 0) is 44.0 Å². The first-order valence-corrected chi connectivity index (χ1v) is 7.68. The Hall–Kier alpha value is -0.690. The molecular formula is C12H9Br2Cl2N3O. The van der Waals surface area contributed by atoms with Gasteiger partial charge in [0.15, 0.2) is 5.82 Å². The summed E-state index contributed by atoms with van der Waals surface area (Å²) in [5, 5.41) is 3.77. The van der Waals surface area contributed by atoms with E-state index in [1.54, 1.807) is 13.2 Å². The fraction of sp³-hybridized carbons (Fsp3) is 0.0833. The highest BCUT2D eigenvalue weighted by Crippen LogP contribution is 2.37. The van der Waals surface area contributed by atoms with Gasteiger partial charge in [-0.25, -0.2) is 4.98 Å². The van der Waals surface area contributed by atoms with E-state index in [2.05, 4.69) is 42.2 Å². The summed E-state index contributed by atoms with van der Waals surface area (Å²) in [6, 6.07) is 5.20. The minimum Gasteiger partial charge on any atom is -0.495 e. The van der Waals surface area contributed by atoms with Crippen molar-refractivity contribution in [2.45, 2.75) is 0 Å². The number of nitrogens with two attached hydrogens (primary N) is 1. The second-order valence-electron chi connectivity index (χ2n) is 3.78. The van der Waals surface area contributed by atoms with Crippen LogP contribution in [-0.2, 0) is 0 Å². The number of pyridine rings is 1. The molecule has 1 aromatic heterocycles. The normalized spacial score (nSPS) is 10.4. The molecule has 4 nitrogen and oxygen atoms in total. The Morgan fingerprint density at radius 2 is 1.85 bits per heavy atom. The molecule has 20 heavy (non-hydrogen) atoms. The molecule has 0 aliphatic rings. The SMILES string of the molecule is COc1cc(Nc2nc(N)c(Cl)cc2Cl)c(Br)cc1Br. The van der Waals surface area contributed by atoms with Crippen LogP contribution in [0, 0.1) is 0 Å². The van der Waals surface area contributed by atoms with Crippen LogP contribution >= 0.6 is 55.1 Å². The highest BCUT2D eigenvalue weighted by Gasteiger charge is 2.11. The van der Waals surface area contributed by atoms with E-state index in [9.17, 15) is 0 Å². The molecule has 8 heteroatoms. The molecule has 0 fully saturated rings. The lowest BCUT2D eigenvalue weighted by Crippen LogP contribution is -2.00. The molecule has 0 bridgehead atoms. The van der Waals surface area contributed by atoms with Gasteiger partial charge in [-0.2, -0.15) is 0 Å². The van der Waals surface area contributed by atoms with Gasteiger partial charge in [0.05, 0.1) is 27.3 Å². The van der Waals surface area contributed by atoms with Crippen LogP contribution < -0.4 is 15.8 Å². The van der Waals surface area contributed by atoms with Gasteiger partial charge in [-0.3, -0.25) is 0 Å². The first-order valence-electron chi connectivity index (χ1n) is 5.34. The summed E-state index contributed by atoms with van der Waals surface area (Å²) < 4.78 is 6.89. The smallest absolute Gasteiger partial charge is 0.151 e. The number of nitrogens with one attached hydrogen (secondary N) is 1. The lowest BCUT2D eigenvalue weighted by molar-refractivity contribution is 0.412. The average molecular weight is 442 g/mol. The minimum atomic E-state index is 0.207.